The van der Waals surface area contributed by atoms with Crippen molar-refractivity contribution in [3.05, 3.63) is 29.4 Å². The van der Waals surface area contributed by atoms with E-state index in [1.807, 2.05) is 13.8 Å². The van der Waals surface area contributed by atoms with Crippen LogP contribution in [0.5, 0.6) is 0 Å². The van der Waals surface area contributed by atoms with Crippen LogP contribution in [0.4, 0.5) is 15.3 Å². The average molecular weight is 579 g/mol. The maximum Gasteiger partial charge on any atom is 0.411 e. The minimum atomic E-state index is -3.93. The van der Waals surface area contributed by atoms with Crippen molar-refractivity contribution in [2.75, 3.05) is 5.32 Å². The van der Waals surface area contributed by atoms with Gasteiger partial charge in [-0.1, -0.05) is 6.07 Å². The molecule has 0 spiro atoms. The fourth-order valence-electron chi connectivity index (χ4n) is 5.09. The first-order valence-corrected chi connectivity index (χ1v) is 15.5. The highest BCUT2D eigenvalue weighted by Gasteiger charge is 2.57. The number of nitrogens with zero attached hydrogens (tertiary/aromatic N) is 1. The highest BCUT2D eigenvalue weighted by molar-refractivity contribution is 7.89. The summed E-state index contributed by atoms with van der Waals surface area (Å²) in [5, 5.41) is 6.54. The first-order chi connectivity index (χ1) is 18.1. The molecule has 39 heavy (non-hydrogen) atoms. The Balaban J connectivity index is 1.53. The first-order valence-electron chi connectivity index (χ1n) is 13.2. The molecule has 12 heteroatoms. The van der Waals surface area contributed by atoms with Crippen LogP contribution in [-0.2, 0) is 19.5 Å². The van der Waals surface area contributed by atoms with Gasteiger partial charge in [0.25, 0.3) is 0 Å². The lowest BCUT2D eigenvalue weighted by Gasteiger charge is -2.22. The predicted molar refractivity (Wildman–Crippen MR) is 150 cm³/mol. The fourth-order valence-corrected chi connectivity index (χ4v) is 7.90. The molecular weight excluding hydrogens is 540 g/mol. The van der Waals surface area contributed by atoms with Gasteiger partial charge in [-0.3, -0.25) is 5.32 Å². The zero-order valence-electron chi connectivity index (χ0n) is 23.4. The maximum atomic E-state index is 13.4. The highest BCUT2D eigenvalue weighted by atomic mass is 32.2. The number of fused-ring (bicyclic) bond motifs is 1. The Morgan fingerprint density at radius 3 is 2.23 bits per heavy atom. The van der Waals surface area contributed by atoms with E-state index in [4.69, 9.17) is 9.47 Å². The van der Waals surface area contributed by atoms with Crippen LogP contribution in [0.2, 0.25) is 0 Å². The summed E-state index contributed by atoms with van der Waals surface area (Å²) in [6.07, 6.45) is 2.05. The van der Waals surface area contributed by atoms with Crippen LogP contribution >= 0.6 is 11.3 Å². The van der Waals surface area contributed by atoms with Gasteiger partial charge in [-0.15, -0.1) is 11.3 Å². The average Bonchev–Trinajstić information content (AvgIpc) is 3.17. The van der Waals surface area contributed by atoms with E-state index in [1.165, 1.54) is 17.4 Å². The molecule has 2 amide bonds. The zero-order chi connectivity index (χ0) is 28.7. The summed E-state index contributed by atoms with van der Waals surface area (Å²) in [5.41, 5.74) is 0.123. The smallest absolute Gasteiger partial charge is 0.411 e. The summed E-state index contributed by atoms with van der Waals surface area (Å²) in [6.45, 7) is 12.4. The van der Waals surface area contributed by atoms with Gasteiger partial charge in [0.2, 0.25) is 10.0 Å². The molecule has 10 nitrogen and oxygen atoms in total. The lowest BCUT2D eigenvalue weighted by Crippen LogP contribution is -2.40. The van der Waals surface area contributed by atoms with Gasteiger partial charge in [0.1, 0.15) is 0 Å². The summed E-state index contributed by atoms with van der Waals surface area (Å²) >= 11 is 1.48. The number of benzene rings is 1. The number of ether oxygens (including phenoxy) is 2. The van der Waals surface area contributed by atoms with Gasteiger partial charge >= 0.3 is 12.2 Å². The molecule has 1 aromatic carbocycles. The minimum absolute atomic E-state index is 0.0529. The zero-order valence-corrected chi connectivity index (χ0v) is 25.0. The fraction of sp³-hybridized carbons (Fsp3) is 0.593. The van der Waals surface area contributed by atoms with Crippen molar-refractivity contribution in [3.63, 3.8) is 0 Å². The third-order valence-corrected chi connectivity index (χ3v) is 9.50. The van der Waals surface area contributed by atoms with Crippen molar-refractivity contribution in [3.8, 4) is 10.4 Å². The van der Waals surface area contributed by atoms with E-state index in [-0.39, 0.29) is 35.2 Å². The molecule has 0 aliphatic heterocycles. The molecule has 2 aromatic rings. The third-order valence-electron chi connectivity index (χ3n) is 6.51. The Labute approximate surface area is 234 Å². The normalized spacial score (nSPS) is 22.5. The quantitative estimate of drug-likeness (QED) is 0.378. The first kappa shape index (κ1) is 29.3. The minimum Gasteiger partial charge on any atom is -0.447 e. The molecule has 4 rings (SSSR count). The van der Waals surface area contributed by atoms with Crippen molar-refractivity contribution in [2.45, 2.75) is 95.9 Å². The Morgan fingerprint density at radius 1 is 1.03 bits per heavy atom. The van der Waals surface area contributed by atoms with Crippen molar-refractivity contribution in [1.29, 1.82) is 0 Å². The molecule has 0 bridgehead atoms. The number of nitrogens with one attached hydrogen (secondary N) is 3. The van der Waals surface area contributed by atoms with Gasteiger partial charge in [0.05, 0.1) is 27.0 Å². The van der Waals surface area contributed by atoms with E-state index < -0.39 is 21.7 Å². The number of carbonyl (C=O) groups excluding carboxylic acids is 2. The molecule has 2 atom stereocenters. The Morgan fingerprint density at radius 2 is 1.64 bits per heavy atom. The van der Waals surface area contributed by atoms with E-state index in [9.17, 15) is 18.0 Å². The van der Waals surface area contributed by atoms with E-state index in [2.05, 4.69) is 20.3 Å². The summed E-state index contributed by atoms with van der Waals surface area (Å²) in [7, 11) is -3.93. The van der Waals surface area contributed by atoms with E-state index in [0.29, 0.717) is 23.1 Å². The standard InChI is InChI=1S/C27H38N4O6S2/c1-14(2)36-25(32)29-17-8-9-18(22(12-17)39(34,35)31-27(5,6)7)21-13-28-24(38-21)16-10-19-20(11-16)23(19)30-26(33)37-15(3)4/h8-9,12-16,19-20,23,31H,10-11H2,1-7H3,(H,29,32)(H,30,33). The van der Waals surface area contributed by atoms with Crippen molar-refractivity contribution in [2.24, 2.45) is 11.8 Å². The highest BCUT2D eigenvalue weighted by Crippen LogP contribution is 2.58. The molecule has 214 valence electrons. The van der Waals surface area contributed by atoms with Gasteiger partial charge in [-0.2, -0.15) is 0 Å². The molecule has 2 unspecified atom stereocenters. The molecular formula is C27H38N4O6S2. The van der Waals surface area contributed by atoms with Crippen LogP contribution in [0, 0.1) is 11.8 Å². The van der Waals surface area contributed by atoms with Crippen molar-refractivity contribution < 1.29 is 27.5 Å². The molecule has 0 saturated heterocycles. The largest absolute Gasteiger partial charge is 0.447 e. The lowest BCUT2D eigenvalue weighted by molar-refractivity contribution is 0.114. The van der Waals surface area contributed by atoms with Crippen LogP contribution < -0.4 is 15.4 Å². The number of thiazole rings is 1. The van der Waals surface area contributed by atoms with Crippen LogP contribution in [0.3, 0.4) is 0 Å². The number of rotatable bonds is 8. The number of sulfonamides is 1. The van der Waals surface area contributed by atoms with Gasteiger partial charge in [-0.05, 0) is 85.3 Å². The van der Waals surface area contributed by atoms with Crippen LogP contribution in [0.1, 0.15) is 72.2 Å². The summed E-state index contributed by atoms with van der Waals surface area (Å²) in [5.74, 6) is 1.08. The van der Waals surface area contributed by atoms with Crippen molar-refractivity contribution >= 4 is 39.2 Å². The Hall–Kier alpha value is -2.70. The number of anilines is 1. The molecule has 2 aliphatic rings. The summed E-state index contributed by atoms with van der Waals surface area (Å²) in [6, 6.07) is 4.94. The van der Waals surface area contributed by atoms with E-state index in [0.717, 1.165) is 22.7 Å². The number of hydrogen-bond acceptors (Lipinski definition) is 8. The monoisotopic (exact) mass is 578 g/mol. The van der Waals surface area contributed by atoms with E-state index >= 15 is 0 Å². The number of hydrogen-bond donors (Lipinski definition) is 3. The SMILES string of the molecule is CC(C)OC(=O)Nc1ccc(-c2cnc(C3CC4C(C3)C4NC(=O)OC(C)C)s2)c(S(=O)(=O)NC(C)(C)C)c1. The number of alkyl carbamates (subject to hydrolysis) is 1. The predicted octanol–water partition coefficient (Wildman–Crippen LogP) is 5.47. The summed E-state index contributed by atoms with van der Waals surface area (Å²) in [4.78, 5) is 29.5. The molecule has 0 radical (unpaired) electrons. The lowest BCUT2D eigenvalue weighted by atomic mass is 10.0. The summed E-state index contributed by atoms with van der Waals surface area (Å²) < 4.78 is 39.9. The second-order valence-corrected chi connectivity index (χ2v) is 14.5. The van der Waals surface area contributed by atoms with Crippen LogP contribution in [-0.4, -0.2) is 49.4 Å². The van der Waals surface area contributed by atoms with Gasteiger partial charge in [0.15, 0.2) is 0 Å². The molecule has 1 heterocycles. The van der Waals surface area contributed by atoms with Gasteiger partial charge in [0, 0.05) is 34.9 Å². The van der Waals surface area contributed by atoms with E-state index in [1.54, 1.807) is 52.9 Å². The molecule has 3 N–H and O–H groups in total. The van der Waals surface area contributed by atoms with Crippen LogP contribution in [0.25, 0.3) is 10.4 Å². The third kappa shape index (κ3) is 7.29. The second kappa shape index (κ2) is 11.1. The Bertz CT molecular complexity index is 1320. The number of amides is 2. The Kier molecular flexibility index (Phi) is 8.30. The van der Waals surface area contributed by atoms with Gasteiger partial charge < -0.3 is 14.8 Å². The molecule has 2 fully saturated rings. The van der Waals surface area contributed by atoms with Crippen molar-refractivity contribution in [1.82, 2.24) is 15.0 Å². The number of aromatic nitrogens is 1. The number of carbonyl (C=O) groups is 2. The molecule has 2 saturated carbocycles. The maximum absolute atomic E-state index is 13.4. The van der Waals surface area contributed by atoms with Gasteiger partial charge in [-0.25, -0.2) is 27.7 Å². The topological polar surface area (TPSA) is 136 Å². The molecule has 2 aliphatic carbocycles. The second-order valence-electron chi connectivity index (χ2n) is 11.8. The molecule has 1 aromatic heterocycles. The van der Waals surface area contributed by atoms with Crippen LogP contribution in [0.15, 0.2) is 29.3 Å².